The summed E-state index contributed by atoms with van der Waals surface area (Å²) in [7, 11) is 1.43. The minimum Gasteiger partial charge on any atom is -0.465 e. The maximum Gasteiger partial charge on any atom is 0.338 e. The van der Waals surface area contributed by atoms with Crippen LogP contribution in [0.2, 0.25) is 0 Å². The number of nitrogens with one attached hydrogen (secondary N) is 1. The van der Waals surface area contributed by atoms with E-state index < -0.39 is 0 Å². The molecule has 0 radical (unpaired) electrons. The zero-order chi connectivity index (χ0) is 21.2. The molecule has 0 saturated carbocycles. The van der Waals surface area contributed by atoms with Crippen LogP contribution in [0.15, 0.2) is 48.5 Å². The van der Waals surface area contributed by atoms with Crippen LogP contribution >= 0.6 is 0 Å². The highest BCUT2D eigenvalue weighted by Crippen LogP contribution is 2.28. The lowest BCUT2D eigenvalue weighted by atomic mass is 9.84. The Morgan fingerprint density at radius 2 is 1.94 bits per heavy atom. The van der Waals surface area contributed by atoms with Crippen molar-refractivity contribution in [3.05, 3.63) is 65.4 Å². The molecule has 1 atom stereocenters. The topological polar surface area (TPSA) is 59.4 Å². The highest BCUT2D eigenvalue weighted by molar-refractivity contribution is 6.04. The summed E-state index contributed by atoms with van der Waals surface area (Å²) in [4.78, 5) is 15.0. The number of benzene rings is 2. The summed E-state index contributed by atoms with van der Waals surface area (Å²) in [6, 6.07) is 16.7. The van der Waals surface area contributed by atoms with Crippen molar-refractivity contribution < 1.29 is 9.53 Å². The van der Waals surface area contributed by atoms with Gasteiger partial charge in [-0.3, -0.25) is 4.68 Å². The van der Waals surface area contributed by atoms with Crippen molar-refractivity contribution in [3.8, 4) is 0 Å². The molecule has 0 amide bonds. The van der Waals surface area contributed by atoms with Crippen molar-refractivity contribution in [3.63, 3.8) is 0 Å². The van der Waals surface area contributed by atoms with E-state index in [0.717, 1.165) is 42.0 Å². The Balaban J connectivity index is 1.41. The number of fused-ring (bicyclic) bond motifs is 4. The fourth-order valence-corrected chi connectivity index (χ4v) is 5.21. The van der Waals surface area contributed by atoms with Gasteiger partial charge in [-0.25, -0.2) is 4.79 Å². The highest BCUT2D eigenvalue weighted by Gasteiger charge is 2.33. The summed E-state index contributed by atoms with van der Waals surface area (Å²) >= 11 is 0. The molecular formula is C25H30N4O2. The second-order valence-corrected chi connectivity index (χ2v) is 8.73. The average Bonchev–Trinajstić information content (AvgIpc) is 3.17. The lowest BCUT2D eigenvalue weighted by Gasteiger charge is -2.45. The smallest absolute Gasteiger partial charge is 0.338 e. The van der Waals surface area contributed by atoms with Crippen LogP contribution in [-0.2, 0) is 17.7 Å². The molecule has 3 fully saturated rings. The number of carbonyl (C=O) groups is 1. The van der Waals surface area contributed by atoms with Crippen LogP contribution in [0, 0.1) is 5.92 Å². The van der Waals surface area contributed by atoms with Gasteiger partial charge in [0.1, 0.15) is 0 Å². The quantitative estimate of drug-likeness (QED) is 0.598. The fourth-order valence-electron chi connectivity index (χ4n) is 5.21. The van der Waals surface area contributed by atoms with Crippen molar-refractivity contribution >= 4 is 16.9 Å². The van der Waals surface area contributed by atoms with Gasteiger partial charge in [-0.15, -0.1) is 0 Å². The van der Waals surface area contributed by atoms with Crippen LogP contribution < -0.4 is 5.32 Å². The molecule has 162 valence electrons. The Hall–Kier alpha value is -2.70. The van der Waals surface area contributed by atoms with E-state index in [9.17, 15) is 4.79 Å². The van der Waals surface area contributed by atoms with Crippen molar-refractivity contribution in [2.24, 2.45) is 5.92 Å². The largest absolute Gasteiger partial charge is 0.465 e. The summed E-state index contributed by atoms with van der Waals surface area (Å²) in [5.41, 5.74) is 3.72. The van der Waals surface area contributed by atoms with Crippen molar-refractivity contribution in [2.75, 3.05) is 33.3 Å². The maximum atomic E-state index is 12.5. The minimum atomic E-state index is -0.309. The number of hydrogen-bond donors (Lipinski definition) is 1. The van der Waals surface area contributed by atoms with E-state index in [1.807, 2.05) is 41.1 Å². The summed E-state index contributed by atoms with van der Waals surface area (Å²) in [6.45, 7) is 5.19. The Morgan fingerprint density at radius 1 is 1.13 bits per heavy atom. The van der Waals surface area contributed by atoms with E-state index in [4.69, 9.17) is 9.84 Å². The van der Waals surface area contributed by atoms with Gasteiger partial charge in [0, 0.05) is 30.9 Å². The SMILES string of the molecule is COC(=O)c1cccc2c1c(CCN[C@@H]1CN3CCC1CC3)nn2Cc1ccccc1. The van der Waals surface area contributed by atoms with Crippen LogP contribution in [0.4, 0.5) is 0 Å². The maximum absolute atomic E-state index is 12.5. The molecule has 2 bridgehead atoms. The van der Waals surface area contributed by atoms with Crippen LogP contribution in [0.5, 0.6) is 0 Å². The third kappa shape index (κ3) is 4.10. The molecule has 6 nitrogen and oxygen atoms in total. The molecule has 0 aliphatic carbocycles. The van der Waals surface area contributed by atoms with Crippen molar-refractivity contribution in [1.82, 2.24) is 20.0 Å². The van der Waals surface area contributed by atoms with Crippen LogP contribution in [0.3, 0.4) is 0 Å². The first kappa shape index (κ1) is 20.2. The molecule has 0 unspecified atom stereocenters. The van der Waals surface area contributed by atoms with Gasteiger partial charge < -0.3 is 15.0 Å². The molecule has 3 aliphatic heterocycles. The van der Waals surface area contributed by atoms with Gasteiger partial charge >= 0.3 is 5.97 Å². The number of nitrogens with zero attached hydrogens (tertiary/aromatic N) is 3. The molecule has 3 aromatic rings. The van der Waals surface area contributed by atoms with Gasteiger partial charge in [0.15, 0.2) is 0 Å². The van der Waals surface area contributed by atoms with Gasteiger partial charge in [0.25, 0.3) is 0 Å². The summed E-state index contributed by atoms with van der Waals surface area (Å²) < 4.78 is 7.08. The molecule has 0 spiro atoms. The van der Waals surface area contributed by atoms with Crippen molar-refractivity contribution in [1.29, 1.82) is 0 Å². The average molecular weight is 419 g/mol. The fraction of sp³-hybridized carbons (Fsp3) is 0.440. The summed E-state index contributed by atoms with van der Waals surface area (Å²) in [6.07, 6.45) is 3.40. The Bertz CT molecular complexity index is 1050. The predicted molar refractivity (Wildman–Crippen MR) is 121 cm³/mol. The number of carbonyl (C=O) groups excluding carboxylic acids is 1. The van der Waals surface area contributed by atoms with Gasteiger partial charge in [-0.1, -0.05) is 36.4 Å². The standard InChI is InChI=1S/C25H30N4O2/c1-31-25(30)20-8-5-9-23-24(20)21(27-29(23)16-18-6-3-2-4-7-18)10-13-26-22-17-28-14-11-19(22)12-15-28/h2-9,19,22,26H,10-17H2,1H3/t22-/m1/s1. The first-order chi connectivity index (χ1) is 15.2. The third-order valence-electron chi connectivity index (χ3n) is 6.86. The zero-order valence-electron chi connectivity index (χ0n) is 18.1. The lowest BCUT2D eigenvalue weighted by molar-refractivity contribution is 0.0603. The molecule has 3 saturated heterocycles. The first-order valence-corrected chi connectivity index (χ1v) is 11.3. The molecule has 1 aromatic heterocycles. The molecular weight excluding hydrogens is 388 g/mol. The summed E-state index contributed by atoms with van der Waals surface area (Å²) in [5.74, 6) is 0.486. The molecule has 6 rings (SSSR count). The van der Waals surface area contributed by atoms with Crippen LogP contribution in [0.25, 0.3) is 10.9 Å². The lowest BCUT2D eigenvalue weighted by Crippen LogP contribution is -2.56. The molecule has 31 heavy (non-hydrogen) atoms. The Kier molecular flexibility index (Phi) is 5.74. The van der Waals surface area contributed by atoms with Gasteiger partial charge in [-0.05, 0) is 49.5 Å². The van der Waals surface area contributed by atoms with E-state index in [0.29, 0.717) is 18.2 Å². The molecule has 4 heterocycles. The Morgan fingerprint density at radius 3 is 2.65 bits per heavy atom. The molecule has 1 N–H and O–H groups in total. The number of aromatic nitrogens is 2. The number of ether oxygens (including phenoxy) is 1. The first-order valence-electron chi connectivity index (χ1n) is 11.3. The van der Waals surface area contributed by atoms with E-state index in [2.05, 4.69) is 22.3 Å². The number of hydrogen-bond acceptors (Lipinski definition) is 5. The van der Waals surface area contributed by atoms with Gasteiger partial charge in [0.2, 0.25) is 0 Å². The Labute approximate surface area is 183 Å². The van der Waals surface area contributed by atoms with Crippen LogP contribution in [0.1, 0.15) is 34.5 Å². The monoisotopic (exact) mass is 418 g/mol. The number of piperidine rings is 3. The van der Waals surface area contributed by atoms with Crippen molar-refractivity contribution in [2.45, 2.75) is 31.8 Å². The second kappa shape index (κ2) is 8.81. The normalized spacial score (nSPS) is 22.7. The van der Waals surface area contributed by atoms with E-state index in [-0.39, 0.29) is 5.97 Å². The second-order valence-electron chi connectivity index (χ2n) is 8.73. The van der Waals surface area contributed by atoms with E-state index in [1.165, 1.54) is 38.6 Å². The number of methoxy groups -OCH3 is 1. The molecule has 3 aliphatic rings. The zero-order valence-corrected chi connectivity index (χ0v) is 18.1. The number of rotatable bonds is 7. The minimum absolute atomic E-state index is 0.309. The molecule has 6 heteroatoms. The summed E-state index contributed by atoms with van der Waals surface area (Å²) in [5, 5.41) is 9.65. The van der Waals surface area contributed by atoms with Gasteiger partial charge in [0.05, 0.1) is 30.4 Å². The molecule has 2 aromatic carbocycles. The number of esters is 1. The van der Waals surface area contributed by atoms with E-state index in [1.54, 1.807) is 0 Å². The van der Waals surface area contributed by atoms with E-state index >= 15 is 0 Å². The highest BCUT2D eigenvalue weighted by atomic mass is 16.5. The predicted octanol–water partition coefficient (Wildman–Crippen LogP) is 3.10. The van der Waals surface area contributed by atoms with Gasteiger partial charge in [-0.2, -0.15) is 5.10 Å². The third-order valence-corrected chi connectivity index (χ3v) is 6.86. The van der Waals surface area contributed by atoms with Crippen LogP contribution in [-0.4, -0.2) is 60.0 Å².